The lowest BCUT2D eigenvalue weighted by Crippen LogP contribution is -2.49. The average molecular weight is 502 g/mol. The molecular formula is C26H30F3N5O2. The SMILES string of the molecule is CCOc1ccc(-c2cc(C(=O)NCCCN3CCN(CC(F)(F)F)CC3)c3cccnc3n2)cc1. The molecule has 1 aliphatic rings. The number of nitrogens with one attached hydrogen (secondary N) is 1. The summed E-state index contributed by atoms with van der Waals surface area (Å²) < 4.78 is 43.2. The lowest BCUT2D eigenvalue weighted by atomic mass is 10.1. The minimum absolute atomic E-state index is 0.211. The van der Waals surface area contributed by atoms with Crippen molar-refractivity contribution in [2.75, 3.05) is 52.4 Å². The van der Waals surface area contributed by atoms with Gasteiger partial charge in [0.25, 0.3) is 5.91 Å². The number of pyridine rings is 2. The Morgan fingerprint density at radius 3 is 2.50 bits per heavy atom. The number of ether oxygens (including phenoxy) is 1. The van der Waals surface area contributed by atoms with Crippen molar-refractivity contribution in [3.63, 3.8) is 0 Å². The van der Waals surface area contributed by atoms with Gasteiger partial charge in [-0.05, 0) is 62.4 Å². The normalized spacial score (nSPS) is 15.2. The summed E-state index contributed by atoms with van der Waals surface area (Å²) in [7, 11) is 0. The number of benzene rings is 1. The number of aromatic nitrogens is 2. The number of amides is 1. The van der Waals surface area contributed by atoms with E-state index < -0.39 is 12.7 Å². The van der Waals surface area contributed by atoms with Crippen molar-refractivity contribution in [2.45, 2.75) is 19.5 Å². The van der Waals surface area contributed by atoms with Gasteiger partial charge in [0.05, 0.1) is 24.4 Å². The molecule has 1 fully saturated rings. The standard InChI is InChI=1S/C26H30F3N5O2/c1-2-36-20-8-6-19(7-9-20)23-17-22(21-5-3-10-30-24(21)32-23)25(35)31-11-4-12-33-13-15-34(16-14-33)18-26(27,28)29/h3,5-10,17H,2,4,11-16,18H2,1H3,(H,31,35). The monoisotopic (exact) mass is 501 g/mol. The molecular weight excluding hydrogens is 471 g/mol. The molecule has 7 nitrogen and oxygen atoms in total. The van der Waals surface area contributed by atoms with Crippen molar-refractivity contribution >= 4 is 16.9 Å². The number of carbonyl (C=O) groups excluding carboxylic acids is 1. The van der Waals surface area contributed by atoms with Gasteiger partial charge in [0.2, 0.25) is 0 Å². The van der Waals surface area contributed by atoms with Gasteiger partial charge >= 0.3 is 6.18 Å². The van der Waals surface area contributed by atoms with E-state index in [1.54, 1.807) is 18.3 Å². The fourth-order valence-electron chi connectivity index (χ4n) is 4.31. The molecule has 192 valence electrons. The van der Waals surface area contributed by atoms with Gasteiger partial charge in [-0.15, -0.1) is 0 Å². The molecule has 0 spiro atoms. The maximum atomic E-state index is 13.1. The van der Waals surface area contributed by atoms with Gasteiger partial charge < -0.3 is 15.0 Å². The van der Waals surface area contributed by atoms with Crippen LogP contribution >= 0.6 is 0 Å². The predicted octanol–water partition coefficient (Wildman–Crippen LogP) is 4.00. The Labute approximate surface area is 208 Å². The van der Waals surface area contributed by atoms with E-state index in [4.69, 9.17) is 4.74 Å². The Bertz CT molecular complexity index is 1160. The highest BCUT2D eigenvalue weighted by atomic mass is 19.4. The summed E-state index contributed by atoms with van der Waals surface area (Å²) in [4.78, 5) is 25.6. The quantitative estimate of drug-likeness (QED) is 0.447. The van der Waals surface area contributed by atoms with Crippen LogP contribution in [0.3, 0.4) is 0 Å². The number of hydrogen-bond acceptors (Lipinski definition) is 6. The Balaban J connectivity index is 1.36. The summed E-state index contributed by atoms with van der Waals surface area (Å²) in [6, 6.07) is 12.9. The zero-order valence-corrected chi connectivity index (χ0v) is 20.2. The van der Waals surface area contributed by atoms with Crippen LogP contribution in [0.15, 0.2) is 48.7 Å². The van der Waals surface area contributed by atoms with Crippen LogP contribution in [-0.2, 0) is 0 Å². The van der Waals surface area contributed by atoms with E-state index in [2.05, 4.69) is 20.2 Å². The Kier molecular flexibility index (Phi) is 8.37. The number of rotatable bonds is 9. The maximum absolute atomic E-state index is 13.1. The van der Waals surface area contributed by atoms with E-state index in [0.29, 0.717) is 68.0 Å². The summed E-state index contributed by atoms with van der Waals surface area (Å²) in [6.45, 7) is 4.81. The molecule has 3 heterocycles. The molecule has 1 N–H and O–H groups in total. The third-order valence-corrected chi connectivity index (χ3v) is 6.09. The van der Waals surface area contributed by atoms with Crippen molar-refractivity contribution in [1.29, 1.82) is 0 Å². The lowest BCUT2D eigenvalue weighted by Gasteiger charge is -2.34. The van der Waals surface area contributed by atoms with Crippen LogP contribution in [-0.4, -0.2) is 84.3 Å². The van der Waals surface area contributed by atoms with E-state index in [-0.39, 0.29) is 5.91 Å². The Morgan fingerprint density at radius 1 is 1.08 bits per heavy atom. The van der Waals surface area contributed by atoms with Gasteiger partial charge in [0.15, 0.2) is 5.65 Å². The number of carbonyl (C=O) groups is 1. The van der Waals surface area contributed by atoms with Crippen LogP contribution in [0.1, 0.15) is 23.7 Å². The molecule has 0 saturated carbocycles. The fourth-order valence-corrected chi connectivity index (χ4v) is 4.31. The molecule has 3 aromatic rings. The third kappa shape index (κ3) is 6.92. The second-order valence-electron chi connectivity index (χ2n) is 8.73. The van der Waals surface area contributed by atoms with Gasteiger partial charge in [-0.3, -0.25) is 9.69 Å². The van der Waals surface area contributed by atoms with Gasteiger partial charge in [-0.2, -0.15) is 13.2 Å². The first-order valence-corrected chi connectivity index (χ1v) is 12.1. The first-order valence-electron chi connectivity index (χ1n) is 12.1. The fraction of sp³-hybridized carbons (Fsp3) is 0.423. The Hall–Kier alpha value is -3.24. The van der Waals surface area contributed by atoms with Crippen LogP contribution in [0, 0.1) is 0 Å². The molecule has 0 radical (unpaired) electrons. The number of piperazine rings is 1. The largest absolute Gasteiger partial charge is 0.494 e. The number of nitrogens with zero attached hydrogens (tertiary/aromatic N) is 4. The Morgan fingerprint density at radius 2 is 1.81 bits per heavy atom. The average Bonchev–Trinajstić information content (AvgIpc) is 2.86. The summed E-state index contributed by atoms with van der Waals surface area (Å²) in [5.74, 6) is 0.553. The number of halogens is 3. The molecule has 36 heavy (non-hydrogen) atoms. The molecule has 0 bridgehead atoms. The topological polar surface area (TPSA) is 70.6 Å². The van der Waals surface area contributed by atoms with Crippen molar-refractivity contribution in [3.8, 4) is 17.0 Å². The molecule has 2 aromatic heterocycles. The summed E-state index contributed by atoms with van der Waals surface area (Å²) in [5, 5.41) is 3.65. The van der Waals surface area contributed by atoms with Crippen molar-refractivity contribution in [1.82, 2.24) is 25.1 Å². The van der Waals surface area contributed by atoms with E-state index in [1.165, 1.54) is 4.90 Å². The first-order chi connectivity index (χ1) is 17.3. The van der Waals surface area contributed by atoms with Gasteiger partial charge in [0.1, 0.15) is 5.75 Å². The predicted molar refractivity (Wildman–Crippen MR) is 132 cm³/mol. The number of alkyl halides is 3. The van der Waals surface area contributed by atoms with Crippen molar-refractivity contribution < 1.29 is 22.7 Å². The molecule has 10 heteroatoms. The molecule has 1 aromatic carbocycles. The van der Waals surface area contributed by atoms with E-state index in [9.17, 15) is 18.0 Å². The molecule has 4 rings (SSSR count). The number of hydrogen-bond donors (Lipinski definition) is 1. The summed E-state index contributed by atoms with van der Waals surface area (Å²) in [5.41, 5.74) is 2.49. The zero-order valence-electron chi connectivity index (χ0n) is 20.2. The number of fused-ring (bicyclic) bond motifs is 1. The molecule has 0 unspecified atom stereocenters. The van der Waals surface area contributed by atoms with Gasteiger partial charge in [-0.25, -0.2) is 9.97 Å². The van der Waals surface area contributed by atoms with Gasteiger partial charge in [0, 0.05) is 49.9 Å². The minimum Gasteiger partial charge on any atom is -0.494 e. The second-order valence-corrected chi connectivity index (χ2v) is 8.73. The third-order valence-electron chi connectivity index (χ3n) is 6.09. The highest BCUT2D eigenvalue weighted by Gasteiger charge is 2.32. The highest BCUT2D eigenvalue weighted by molar-refractivity contribution is 6.06. The minimum atomic E-state index is -4.16. The lowest BCUT2D eigenvalue weighted by molar-refractivity contribution is -0.149. The summed E-state index contributed by atoms with van der Waals surface area (Å²) in [6.07, 6.45) is -1.81. The van der Waals surface area contributed by atoms with Crippen molar-refractivity contribution in [2.24, 2.45) is 0 Å². The maximum Gasteiger partial charge on any atom is 0.401 e. The first kappa shape index (κ1) is 25.8. The van der Waals surface area contributed by atoms with Gasteiger partial charge in [-0.1, -0.05) is 0 Å². The van der Waals surface area contributed by atoms with E-state index >= 15 is 0 Å². The second kappa shape index (κ2) is 11.7. The van der Waals surface area contributed by atoms with E-state index in [1.807, 2.05) is 37.3 Å². The van der Waals surface area contributed by atoms with Crippen LogP contribution < -0.4 is 10.1 Å². The van der Waals surface area contributed by atoms with Crippen molar-refractivity contribution in [3.05, 3.63) is 54.2 Å². The summed E-state index contributed by atoms with van der Waals surface area (Å²) >= 11 is 0. The molecule has 0 atom stereocenters. The molecule has 0 aliphatic carbocycles. The molecule has 1 amide bonds. The molecule has 1 saturated heterocycles. The zero-order chi connectivity index (χ0) is 25.5. The van der Waals surface area contributed by atoms with Crippen LogP contribution in [0.25, 0.3) is 22.3 Å². The van der Waals surface area contributed by atoms with Crippen LogP contribution in [0.2, 0.25) is 0 Å². The highest BCUT2D eigenvalue weighted by Crippen LogP contribution is 2.26. The molecule has 1 aliphatic heterocycles. The van der Waals surface area contributed by atoms with Crippen LogP contribution in [0.4, 0.5) is 13.2 Å². The van der Waals surface area contributed by atoms with Crippen LogP contribution in [0.5, 0.6) is 5.75 Å². The van der Waals surface area contributed by atoms with E-state index in [0.717, 1.165) is 17.9 Å². The smallest absolute Gasteiger partial charge is 0.401 e.